The van der Waals surface area contributed by atoms with Crippen molar-refractivity contribution in [3.63, 3.8) is 0 Å². The Balaban J connectivity index is 0.000000585. The first-order chi connectivity index (χ1) is 10.9. The second-order valence-corrected chi connectivity index (χ2v) is 6.31. The number of alkyl halides is 1. The summed E-state index contributed by atoms with van der Waals surface area (Å²) in [6.45, 7) is 8.93. The van der Waals surface area contributed by atoms with Gasteiger partial charge in [0.05, 0.1) is 6.61 Å². The first kappa shape index (κ1) is 21.9. The maximum atomic E-state index is 10.9. The molecule has 4 nitrogen and oxygen atoms in total. The monoisotopic (exact) mass is 343 g/mol. The molecule has 0 amide bonds. The summed E-state index contributed by atoms with van der Waals surface area (Å²) in [5.41, 5.74) is 0.972. The highest BCUT2D eigenvalue weighted by molar-refractivity contribution is 6.17. The van der Waals surface area contributed by atoms with E-state index in [0.29, 0.717) is 37.4 Å². The summed E-state index contributed by atoms with van der Waals surface area (Å²) in [4.78, 5) is 10.9. The van der Waals surface area contributed by atoms with Gasteiger partial charge in [-0.1, -0.05) is 58.0 Å². The predicted molar refractivity (Wildman–Crippen MR) is 96.0 cm³/mol. The topological polar surface area (TPSA) is 58.6 Å². The van der Waals surface area contributed by atoms with Crippen LogP contribution in [0.1, 0.15) is 46.1 Å². The van der Waals surface area contributed by atoms with E-state index in [1.54, 1.807) is 0 Å². The number of nitrogens with one attached hydrogen (secondary N) is 1. The second-order valence-electron chi connectivity index (χ2n) is 5.93. The van der Waals surface area contributed by atoms with Crippen molar-refractivity contribution in [2.45, 2.75) is 65.3 Å². The standard InChI is InChI=1S/C12H15ClO3.C6H15N/c13-8-4-7-11(12(14)15)16-9-10-5-2-1-3-6-10;1-5(2)7-6(3)4/h1-3,5-6,11H,4,7-9H2,(H,14,15);5-7H,1-4H3. The molecule has 1 aromatic rings. The largest absolute Gasteiger partial charge is 0.479 e. The Morgan fingerprint density at radius 2 is 1.74 bits per heavy atom. The van der Waals surface area contributed by atoms with Gasteiger partial charge in [-0.2, -0.15) is 0 Å². The molecule has 0 aliphatic carbocycles. The molecule has 2 N–H and O–H groups in total. The van der Waals surface area contributed by atoms with Crippen LogP contribution in [-0.4, -0.2) is 35.1 Å². The number of carboxylic acid groups (broad SMARTS) is 1. The van der Waals surface area contributed by atoms with Gasteiger partial charge in [0.1, 0.15) is 0 Å². The van der Waals surface area contributed by atoms with Crippen LogP contribution in [0.3, 0.4) is 0 Å². The van der Waals surface area contributed by atoms with Crippen LogP contribution in [0.2, 0.25) is 0 Å². The highest BCUT2D eigenvalue weighted by Crippen LogP contribution is 2.08. The molecule has 132 valence electrons. The summed E-state index contributed by atoms with van der Waals surface area (Å²) in [5.74, 6) is -0.473. The number of benzene rings is 1. The lowest BCUT2D eigenvalue weighted by Crippen LogP contribution is -2.29. The van der Waals surface area contributed by atoms with E-state index >= 15 is 0 Å². The maximum Gasteiger partial charge on any atom is 0.332 e. The number of carbonyl (C=O) groups is 1. The van der Waals surface area contributed by atoms with Crippen LogP contribution in [-0.2, 0) is 16.1 Å². The quantitative estimate of drug-likeness (QED) is 0.663. The molecule has 1 atom stereocenters. The highest BCUT2D eigenvalue weighted by Gasteiger charge is 2.17. The van der Waals surface area contributed by atoms with Gasteiger partial charge in [0.25, 0.3) is 0 Å². The molecule has 1 rings (SSSR count). The number of ether oxygens (including phenoxy) is 1. The summed E-state index contributed by atoms with van der Waals surface area (Å²) in [7, 11) is 0. The minimum absolute atomic E-state index is 0.320. The van der Waals surface area contributed by atoms with Crippen LogP contribution < -0.4 is 5.32 Å². The molecule has 1 unspecified atom stereocenters. The lowest BCUT2D eigenvalue weighted by Gasteiger charge is -2.12. The summed E-state index contributed by atoms with van der Waals surface area (Å²) in [6.07, 6.45) is 0.331. The number of aliphatic carboxylic acids is 1. The third kappa shape index (κ3) is 13.1. The van der Waals surface area contributed by atoms with Crippen LogP contribution in [0.4, 0.5) is 0 Å². The van der Waals surface area contributed by atoms with Gasteiger partial charge in [-0.3, -0.25) is 0 Å². The molecule has 1 aromatic carbocycles. The van der Waals surface area contributed by atoms with Crippen molar-refractivity contribution < 1.29 is 14.6 Å². The Labute approximate surface area is 145 Å². The molecule has 0 aliphatic heterocycles. The van der Waals surface area contributed by atoms with Crippen LogP contribution in [0, 0.1) is 0 Å². The molecule has 23 heavy (non-hydrogen) atoms. The van der Waals surface area contributed by atoms with Gasteiger partial charge in [-0.05, 0) is 18.4 Å². The van der Waals surface area contributed by atoms with Gasteiger partial charge in [-0.25, -0.2) is 4.79 Å². The number of hydrogen-bond donors (Lipinski definition) is 2. The molecular weight excluding hydrogens is 314 g/mol. The normalized spacial score (nSPS) is 12.0. The van der Waals surface area contributed by atoms with Crippen LogP contribution in [0.5, 0.6) is 0 Å². The molecule has 0 saturated carbocycles. The second kappa shape index (κ2) is 13.3. The predicted octanol–water partition coefficient (Wildman–Crippen LogP) is 4.07. The van der Waals surface area contributed by atoms with E-state index in [2.05, 4.69) is 33.0 Å². The Morgan fingerprint density at radius 1 is 1.17 bits per heavy atom. The zero-order valence-corrected chi connectivity index (χ0v) is 15.3. The number of carboxylic acids is 1. The summed E-state index contributed by atoms with van der Waals surface area (Å²) in [6, 6.07) is 10.8. The van der Waals surface area contributed by atoms with Gasteiger partial charge in [-0.15, -0.1) is 11.6 Å². The molecule has 0 aliphatic rings. The molecule has 0 heterocycles. The van der Waals surface area contributed by atoms with Crippen molar-refractivity contribution in [2.75, 3.05) is 5.88 Å². The van der Waals surface area contributed by atoms with E-state index in [1.807, 2.05) is 30.3 Å². The minimum atomic E-state index is -0.930. The van der Waals surface area contributed by atoms with Gasteiger partial charge in [0.15, 0.2) is 6.10 Å². The summed E-state index contributed by atoms with van der Waals surface area (Å²) >= 11 is 5.52. The molecule has 0 bridgehead atoms. The molecule has 0 aromatic heterocycles. The third-order valence-electron chi connectivity index (χ3n) is 2.84. The first-order valence-corrected chi connectivity index (χ1v) is 8.60. The fraction of sp³-hybridized carbons (Fsp3) is 0.611. The van der Waals surface area contributed by atoms with E-state index in [9.17, 15) is 4.79 Å². The fourth-order valence-electron chi connectivity index (χ4n) is 1.98. The molecule has 5 heteroatoms. The fourth-order valence-corrected chi connectivity index (χ4v) is 2.13. The van der Waals surface area contributed by atoms with E-state index in [1.165, 1.54) is 0 Å². The van der Waals surface area contributed by atoms with E-state index < -0.39 is 12.1 Å². The number of halogens is 1. The molecule has 0 spiro atoms. The van der Waals surface area contributed by atoms with Crippen LogP contribution >= 0.6 is 11.6 Å². The zero-order chi connectivity index (χ0) is 17.7. The maximum absolute atomic E-state index is 10.9. The van der Waals surface area contributed by atoms with Crippen molar-refractivity contribution in [2.24, 2.45) is 0 Å². The lowest BCUT2D eigenvalue weighted by atomic mass is 10.2. The van der Waals surface area contributed by atoms with Gasteiger partial charge >= 0.3 is 5.97 Å². The van der Waals surface area contributed by atoms with Crippen LogP contribution in [0.25, 0.3) is 0 Å². The average molecular weight is 344 g/mol. The zero-order valence-electron chi connectivity index (χ0n) is 14.6. The van der Waals surface area contributed by atoms with E-state index in [0.717, 1.165) is 5.56 Å². The van der Waals surface area contributed by atoms with Crippen molar-refractivity contribution in [1.82, 2.24) is 5.32 Å². The van der Waals surface area contributed by atoms with E-state index in [-0.39, 0.29) is 0 Å². The van der Waals surface area contributed by atoms with Crippen molar-refractivity contribution >= 4 is 17.6 Å². The first-order valence-electron chi connectivity index (χ1n) is 8.07. The third-order valence-corrected chi connectivity index (χ3v) is 3.10. The molecule has 0 fully saturated rings. The highest BCUT2D eigenvalue weighted by atomic mass is 35.5. The van der Waals surface area contributed by atoms with Crippen molar-refractivity contribution in [3.8, 4) is 0 Å². The summed E-state index contributed by atoms with van der Waals surface area (Å²) in [5, 5.41) is 12.2. The summed E-state index contributed by atoms with van der Waals surface area (Å²) < 4.78 is 5.33. The number of hydrogen-bond acceptors (Lipinski definition) is 3. The Bertz CT molecular complexity index is 404. The Morgan fingerprint density at radius 3 is 2.13 bits per heavy atom. The lowest BCUT2D eigenvalue weighted by molar-refractivity contribution is -0.151. The van der Waals surface area contributed by atoms with Crippen molar-refractivity contribution in [1.29, 1.82) is 0 Å². The van der Waals surface area contributed by atoms with Gasteiger partial charge in [0, 0.05) is 18.0 Å². The number of rotatable bonds is 9. The molecule has 0 saturated heterocycles. The smallest absolute Gasteiger partial charge is 0.332 e. The molecule has 0 radical (unpaired) electrons. The Kier molecular flexibility index (Phi) is 12.7. The van der Waals surface area contributed by atoms with Crippen LogP contribution in [0.15, 0.2) is 30.3 Å². The molecular formula is C18H30ClNO3. The van der Waals surface area contributed by atoms with Crippen molar-refractivity contribution in [3.05, 3.63) is 35.9 Å². The average Bonchev–Trinajstić information content (AvgIpc) is 2.47. The minimum Gasteiger partial charge on any atom is -0.479 e. The van der Waals surface area contributed by atoms with E-state index in [4.69, 9.17) is 21.4 Å². The Hall–Kier alpha value is -1.10. The van der Waals surface area contributed by atoms with Gasteiger partial charge in [0.2, 0.25) is 0 Å². The van der Waals surface area contributed by atoms with Gasteiger partial charge < -0.3 is 15.2 Å². The SMILES string of the molecule is CC(C)NC(C)C.O=C(O)C(CCCCl)OCc1ccccc1.